The van der Waals surface area contributed by atoms with Crippen molar-refractivity contribution in [2.24, 2.45) is 5.73 Å². The zero-order valence-electron chi connectivity index (χ0n) is 16.7. The smallest absolute Gasteiger partial charge is 0.329 e. The number of aliphatic carboxylic acids is 2. The SMILES string of the molecule is N=C(N)c1ccc(C2CC(CC3(OCC(=O)O)CCN(CC(=O)O)CC3)ON2)cc1. The number of ether oxygens (including phenoxy) is 1. The highest BCUT2D eigenvalue weighted by Crippen LogP contribution is 2.36. The van der Waals surface area contributed by atoms with Gasteiger partial charge in [0.05, 0.1) is 24.3 Å². The summed E-state index contributed by atoms with van der Waals surface area (Å²) in [5, 5.41) is 25.5. The minimum Gasteiger partial charge on any atom is -0.480 e. The number of carboxylic acids is 2. The van der Waals surface area contributed by atoms with Crippen LogP contribution in [0.4, 0.5) is 0 Å². The molecule has 2 fully saturated rings. The van der Waals surface area contributed by atoms with E-state index in [1.807, 2.05) is 17.0 Å². The van der Waals surface area contributed by atoms with Crippen molar-refractivity contribution < 1.29 is 29.4 Å². The lowest BCUT2D eigenvalue weighted by atomic mass is 9.84. The zero-order chi connectivity index (χ0) is 21.7. The van der Waals surface area contributed by atoms with Crippen LogP contribution in [0.1, 0.15) is 42.9 Å². The molecule has 3 rings (SSSR count). The molecule has 2 atom stereocenters. The molecule has 0 amide bonds. The van der Waals surface area contributed by atoms with Crippen molar-refractivity contribution in [2.75, 3.05) is 26.2 Å². The first-order valence-electron chi connectivity index (χ1n) is 9.92. The molecule has 2 saturated heterocycles. The van der Waals surface area contributed by atoms with Crippen LogP contribution < -0.4 is 11.2 Å². The Labute approximate surface area is 174 Å². The predicted octanol–water partition coefficient (Wildman–Crippen LogP) is 0.716. The summed E-state index contributed by atoms with van der Waals surface area (Å²) in [6.07, 6.45) is 2.14. The monoisotopic (exact) mass is 420 g/mol. The van der Waals surface area contributed by atoms with Crippen LogP contribution in [0.15, 0.2) is 24.3 Å². The van der Waals surface area contributed by atoms with Crippen LogP contribution in [0.2, 0.25) is 0 Å². The fourth-order valence-corrected chi connectivity index (χ4v) is 4.11. The lowest BCUT2D eigenvalue weighted by Gasteiger charge is -2.42. The quantitative estimate of drug-likeness (QED) is 0.286. The maximum Gasteiger partial charge on any atom is 0.329 e. The predicted molar refractivity (Wildman–Crippen MR) is 107 cm³/mol. The van der Waals surface area contributed by atoms with E-state index in [1.165, 1.54) is 0 Å². The molecule has 6 N–H and O–H groups in total. The summed E-state index contributed by atoms with van der Waals surface area (Å²) in [5.74, 6) is -1.89. The van der Waals surface area contributed by atoms with E-state index >= 15 is 0 Å². The van der Waals surface area contributed by atoms with Gasteiger partial charge in [-0.15, -0.1) is 0 Å². The van der Waals surface area contributed by atoms with Crippen molar-refractivity contribution in [3.8, 4) is 0 Å². The van der Waals surface area contributed by atoms with Crippen LogP contribution in [0.25, 0.3) is 0 Å². The van der Waals surface area contributed by atoms with E-state index in [-0.39, 0.29) is 24.5 Å². The maximum absolute atomic E-state index is 11.1. The van der Waals surface area contributed by atoms with E-state index in [9.17, 15) is 9.59 Å². The van der Waals surface area contributed by atoms with Crippen molar-refractivity contribution >= 4 is 17.8 Å². The van der Waals surface area contributed by atoms with Gasteiger partial charge in [-0.1, -0.05) is 24.3 Å². The molecule has 0 spiro atoms. The van der Waals surface area contributed by atoms with Gasteiger partial charge < -0.3 is 20.7 Å². The molecule has 0 aliphatic carbocycles. The van der Waals surface area contributed by atoms with Gasteiger partial charge in [0.25, 0.3) is 0 Å². The van der Waals surface area contributed by atoms with Gasteiger partial charge >= 0.3 is 11.9 Å². The molecule has 1 aromatic carbocycles. The molecule has 0 aromatic heterocycles. The molecule has 10 nitrogen and oxygen atoms in total. The number of hydrogen-bond acceptors (Lipinski definition) is 7. The number of carbonyl (C=O) groups is 2. The molecule has 2 aliphatic heterocycles. The molecular weight excluding hydrogens is 392 g/mol. The fraction of sp³-hybridized carbons (Fsp3) is 0.550. The molecule has 10 heteroatoms. The Kier molecular flexibility index (Phi) is 7.03. The Bertz CT molecular complexity index is 776. The summed E-state index contributed by atoms with van der Waals surface area (Å²) in [5.41, 5.74) is 9.54. The second-order valence-electron chi connectivity index (χ2n) is 7.92. The second-order valence-corrected chi connectivity index (χ2v) is 7.92. The van der Waals surface area contributed by atoms with E-state index in [0.29, 0.717) is 44.3 Å². The molecule has 0 saturated carbocycles. The van der Waals surface area contributed by atoms with Gasteiger partial charge in [-0.2, -0.15) is 5.48 Å². The highest BCUT2D eigenvalue weighted by atomic mass is 16.7. The number of nitrogens with two attached hydrogens (primary N) is 1. The van der Waals surface area contributed by atoms with Gasteiger partial charge in [0.2, 0.25) is 0 Å². The first kappa shape index (κ1) is 22.2. The van der Waals surface area contributed by atoms with Crippen molar-refractivity contribution in [1.29, 1.82) is 5.41 Å². The van der Waals surface area contributed by atoms with Gasteiger partial charge in [-0.05, 0) is 24.8 Å². The molecule has 2 heterocycles. The number of nitrogens with zero attached hydrogens (tertiary/aromatic N) is 1. The molecule has 0 radical (unpaired) electrons. The third kappa shape index (κ3) is 5.76. The highest BCUT2D eigenvalue weighted by molar-refractivity contribution is 5.94. The molecule has 0 bridgehead atoms. The number of rotatable bonds is 9. The van der Waals surface area contributed by atoms with E-state index < -0.39 is 24.1 Å². The lowest BCUT2D eigenvalue weighted by Crippen LogP contribution is -2.49. The minimum absolute atomic E-state index is 0.0156. The molecule has 1 aromatic rings. The third-order valence-corrected chi connectivity index (χ3v) is 5.73. The van der Waals surface area contributed by atoms with E-state index in [4.69, 9.17) is 30.9 Å². The first-order valence-corrected chi connectivity index (χ1v) is 9.92. The number of piperidine rings is 1. The van der Waals surface area contributed by atoms with E-state index in [2.05, 4.69) is 5.48 Å². The fourth-order valence-electron chi connectivity index (χ4n) is 4.11. The van der Waals surface area contributed by atoms with Crippen LogP contribution in [-0.2, 0) is 19.2 Å². The van der Waals surface area contributed by atoms with Crippen LogP contribution >= 0.6 is 0 Å². The summed E-state index contributed by atoms with van der Waals surface area (Å²) in [6.45, 7) is 0.633. The van der Waals surface area contributed by atoms with Gasteiger partial charge in [0.15, 0.2) is 0 Å². The Hall–Kier alpha value is -2.53. The summed E-state index contributed by atoms with van der Waals surface area (Å²) >= 11 is 0. The Balaban J connectivity index is 1.61. The van der Waals surface area contributed by atoms with Crippen molar-refractivity contribution in [1.82, 2.24) is 10.4 Å². The summed E-state index contributed by atoms with van der Waals surface area (Å²) in [4.78, 5) is 29.6. The van der Waals surface area contributed by atoms with Gasteiger partial charge in [0, 0.05) is 25.1 Å². The number of nitrogen functional groups attached to an aromatic ring is 1. The number of benzene rings is 1. The van der Waals surface area contributed by atoms with E-state index in [0.717, 1.165) is 5.56 Å². The normalized spacial score (nSPS) is 23.9. The van der Waals surface area contributed by atoms with Crippen LogP contribution in [0.5, 0.6) is 0 Å². The maximum atomic E-state index is 11.1. The Morgan fingerprint density at radius 3 is 2.47 bits per heavy atom. The third-order valence-electron chi connectivity index (χ3n) is 5.73. The molecule has 2 unspecified atom stereocenters. The van der Waals surface area contributed by atoms with E-state index in [1.54, 1.807) is 12.1 Å². The summed E-state index contributed by atoms with van der Waals surface area (Å²) in [7, 11) is 0. The largest absolute Gasteiger partial charge is 0.480 e. The first-order chi connectivity index (χ1) is 14.3. The standard InChI is InChI=1S/C20H28N4O6/c21-19(22)14-3-1-13(2-4-14)16-9-15(30-23-16)10-20(29-12-18(27)28)5-7-24(8-6-20)11-17(25)26/h1-4,15-16,23H,5-12H2,(H3,21,22)(H,25,26)(H,27,28). The van der Waals surface area contributed by atoms with Gasteiger partial charge in [-0.3, -0.25) is 19.9 Å². The van der Waals surface area contributed by atoms with Crippen molar-refractivity contribution in [2.45, 2.75) is 43.4 Å². The summed E-state index contributed by atoms with van der Waals surface area (Å²) < 4.78 is 5.81. The Morgan fingerprint density at radius 1 is 1.23 bits per heavy atom. The molecule has 2 aliphatic rings. The topological polar surface area (TPSA) is 158 Å². The number of hydrogen-bond donors (Lipinski definition) is 5. The number of hydroxylamine groups is 1. The van der Waals surface area contributed by atoms with Crippen LogP contribution in [0, 0.1) is 5.41 Å². The minimum atomic E-state index is -1.03. The Morgan fingerprint density at radius 2 is 1.90 bits per heavy atom. The average molecular weight is 420 g/mol. The summed E-state index contributed by atoms with van der Waals surface area (Å²) in [6, 6.07) is 7.37. The molecular formula is C20H28N4O6. The number of nitrogens with one attached hydrogen (secondary N) is 2. The average Bonchev–Trinajstić information content (AvgIpc) is 3.16. The van der Waals surface area contributed by atoms with Gasteiger partial charge in [0.1, 0.15) is 12.4 Å². The van der Waals surface area contributed by atoms with Crippen molar-refractivity contribution in [3.63, 3.8) is 0 Å². The second kappa shape index (κ2) is 9.52. The lowest BCUT2D eigenvalue weighted by molar-refractivity contribution is -0.159. The molecule has 30 heavy (non-hydrogen) atoms. The van der Waals surface area contributed by atoms with Crippen LogP contribution in [0.3, 0.4) is 0 Å². The number of carboxylic acid groups (broad SMARTS) is 2. The van der Waals surface area contributed by atoms with Crippen molar-refractivity contribution in [3.05, 3.63) is 35.4 Å². The zero-order valence-corrected chi connectivity index (χ0v) is 16.7. The number of amidine groups is 1. The van der Waals surface area contributed by atoms with Gasteiger partial charge in [-0.25, -0.2) is 4.79 Å². The van der Waals surface area contributed by atoms with Crippen LogP contribution in [-0.4, -0.2) is 70.8 Å². The molecule has 164 valence electrons. The highest BCUT2D eigenvalue weighted by Gasteiger charge is 2.41. The number of likely N-dealkylation sites (tertiary alicyclic amines) is 1.